The molecule has 1 aromatic heterocycles. The molecule has 2 aliphatic heterocycles. The molecule has 1 amide bonds. The van der Waals surface area contributed by atoms with Crippen molar-refractivity contribution >= 4 is 11.9 Å². The van der Waals surface area contributed by atoms with Crippen molar-refractivity contribution in [2.45, 2.75) is 38.6 Å². The van der Waals surface area contributed by atoms with Gasteiger partial charge in [-0.05, 0) is 43.7 Å². The molecule has 132 valence electrons. The van der Waals surface area contributed by atoms with Crippen LogP contribution < -0.4 is 0 Å². The van der Waals surface area contributed by atoms with Crippen LogP contribution in [0.1, 0.15) is 43.1 Å². The Hall–Kier alpha value is -1.89. The Morgan fingerprint density at radius 3 is 2.62 bits per heavy atom. The van der Waals surface area contributed by atoms with Crippen molar-refractivity contribution in [1.29, 1.82) is 0 Å². The van der Waals surface area contributed by atoms with Crippen molar-refractivity contribution in [1.82, 2.24) is 19.6 Å². The number of piperidine rings is 1. The van der Waals surface area contributed by atoms with Crippen LogP contribution in [0.4, 0.5) is 0 Å². The van der Waals surface area contributed by atoms with E-state index in [2.05, 4.69) is 16.9 Å². The van der Waals surface area contributed by atoms with E-state index in [0.29, 0.717) is 25.2 Å². The Bertz CT molecular complexity index is 619. The lowest BCUT2D eigenvalue weighted by atomic mass is 9.76. The van der Waals surface area contributed by atoms with Crippen LogP contribution in [0.2, 0.25) is 0 Å². The molecular formula is C17H26N4O3. The molecule has 7 nitrogen and oxygen atoms in total. The van der Waals surface area contributed by atoms with Crippen molar-refractivity contribution in [2.24, 2.45) is 12.5 Å². The second kappa shape index (κ2) is 6.55. The van der Waals surface area contributed by atoms with Gasteiger partial charge in [0.05, 0.1) is 0 Å². The molecule has 1 atom stereocenters. The monoisotopic (exact) mass is 334 g/mol. The molecule has 24 heavy (non-hydrogen) atoms. The van der Waals surface area contributed by atoms with E-state index in [0.717, 1.165) is 32.4 Å². The van der Waals surface area contributed by atoms with Gasteiger partial charge in [0, 0.05) is 32.9 Å². The SMILES string of the molecule is CCCN1CC2(CCN(C(=O)c3ccnn3C)CC2)CC1C(=O)O. The highest BCUT2D eigenvalue weighted by molar-refractivity contribution is 5.92. The van der Waals surface area contributed by atoms with E-state index in [-0.39, 0.29) is 17.4 Å². The third-order valence-electron chi connectivity index (χ3n) is 5.55. The fourth-order valence-electron chi connectivity index (χ4n) is 4.20. The van der Waals surface area contributed by atoms with E-state index in [1.54, 1.807) is 24.0 Å². The fourth-order valence-corrected chi connectivity index (χ4v) is 4.20. The number of hydrogen-bond acceptors (Lipinski definition) is 4. The van der Waals surface area contributed by atoms with Gasteiger partial charge in [-0.2, -0.15) is 5.10 Å². The molecule has 1 aromatic rings. The number of aryl methyl sites for hydroxylation is 1. The van der Waals surface area contributed by atoms with Crippen LogP contribution in [0.5, 0.6) is 0 Å². The van der Waals surface area contributed by atoms with Crippen LogP contribution in [0.25, 0.3) is 0 Å². The lowest BCUT2D eigenvalue weighted by molar-refractivity contribution is -0.142. The zero-order valence-electron chi connectivity index (χ0n) is 14.4. The number of carboxylic acid groups (broad SMARTS) is 1. The Labute approximate surface area is 142 Å². The molecule has 3 heterocycles. The maximum Gasteiger partial charge on any atom is 0.320 e. The standard InChI is InChI=1S/C17H26N4O3/c1-3-8-21-12-17(11-14(21)16(23)24)5-9-20(10-6-17)15(22)13-4-7-18-19(13)2/h4,7,14H,3,5-6,8-12H2,1-2H3,(H,23,24). The lowest BCUT2D eigenvalue weighted by Crippen LogP contribution is -2.44. The quantitative estimate of drug-likeness (QED) is 0.895. The van der Waals surface area contributed by atoms with Gasteiger partial charge in [0.15, 0.2) is 0 Å². The summed E-state index contributed by atoms with van der Waals surface area (Å²) in [4.78, 5) is 28.1. The summed E-state index contributed by atoms with van der Waals surface area (Å²) in [5.41, 5.74) is 0.648. The summed E-state index contributed by atoms with van der Waals surface area (Å²) in [7, 11) is 1.77. The molecule has 0 bridgehead atoms. The minimum absolute atomic E-state index is 0.0167. The van der Waals surface area contributed by atoms with Crippen LogP contribution in [0, 0.1) is 5.41 Å². The maximum atomic E-state index is 12.6. The van der Waals surface area contributed by atoms with Crippen molar-refractivity contribution in [3.05, 3.63) is 18.0 Å². The van der Waals surface area contributed by atoms with Crippen LogP contribution >= 0.6 is 0 Å². The predicted octanol–water partition coefficient (Wildman–Crippen LogP) is 1.21. The summed E-state index contributed by atoms with van der Waals surface area (Å²) in [6.07, 6.45) is 5.05. The summed E-state index contributed by atoms with van der Waals surface area (Å²) in [5.74, 6) is -0.697. The van der Waals surface area contributed by atoms with Gasteiger partial charge >= 0.3 is 5.97 Å². The molecule has 3 rings (SSSR count). The second-order valence-corrected chi connectivity index (χ2v) is 7.16. The van der Waals surface area contributed by atoms with E-state index in [9.17, 15) is 14.7 Å². The average molecular weight is 334 g/mol. The van der Waals surface area contributed by atoms with Crippen molar-refractivity contribution < 1.29 is 14.7 Å². The van der Waals surface area contributed by atoms with Crippen molar-refractivity contribution in [3.8, 4) is 0 Å². The van der Waals surface area contributed by atoms with Gasteiger partial charge in [0.1, 0.15) is 11.7 Å². The number of aromatic nitrogens is 2. The average Bonchev–Trinajstić information content (AvgIpc) is 3.12. The first kappa shape index (κ1) is 17.0. The zero-order chi connectivity index (χ0) is 17.3. The van der Waals surface area contributed by atoms with E-state index < -0.39 is 5.97 Å². The minimum atomic E-state index is -0.714. The summed E-state index contributed by atoms with van der Waals surface area (Å²) < 4.78 is 1.60. The third kappa shape index (κ3) is 3.05. The number of rotatable bonds is 4. The van der Waals surface area contributed by atoms with Crippen molar-refractivity contribution in [3.63, 3.8) is 0 Å². The van der Waals surface area contributed by atoms with Gasteiger partial charge in [-0.1, -0.05) is 6.92 Å². The van der Waals surface area contributed by atoms with E-state index in [1.165, 1.54) is 0 Å². The Morgan fingerprint density at radius 2 is 2.08 bits per heavy atom. The molecule has 1 unspecified atom stereocenters. The van der Waals surface area contributed by atoms with Crippen LogP contribution in [0.15, 0.2) is 12.3 Å². The summed E-state index contributed by atoms with van der Waals surface area (Å²) >= 11 is 0. The highest BCUT2D eigenvalue weighted by atomic mass is 16.4. The Kier molecular flexibility index (Phi) is 4.62. The van der Waals surface area contributed by atoms with Crippen LogP contribution in [0.3, 0.4) is 0 Å². The predicted molar refractivity (Wildman–Crippen MR) is 88.7 cm³/mol. The molecule has 0 aromatic carbocycles. The van der Waals surface area contributed by atoms with E-state index in [1.807, 2.05) is 4.90 Å². The van der Waals surface area contributed by atoms with Gasteiger partial charge in [0.25, 0.3) is 5.91 Å². The largest absolute Gasteiger partial charge is 0.480 e. The normalized spacial score (nSPS) is 23.8. The molecule has 0 radical (unpaired) electrons. The molecule has 2 aliphatic rings. The number of carbonyl (C=O) groups is 2. The number of carbonyl (C=O) groups excluding carboxylic acids is 1. The molecule has 0 saturated carbocycles. The van der Waals surface area contributed by atoms with Crippen molar-refractivity contribution in [2.75, 3.05) is 26.2 Å². The Morgan fingerprint density at radius 1 is 1.38 bits per heavy atom. The van der Waals surface area contributed by atoms with Gasteiger partial charge in [-0.3, -0.25) is 19.2 Å². The molecule has 2 fully saturated rings. The first-order valence-electron chi connectivity index (χ1n) is 8.70. The van der Waals surface area contributed by atoms with E-state index in [4.69, 9.17) is 0 Å². The lowest BCUT2D eigenvalue weighted by Gasteiger charge is -2.39. The molecular weight excluding hydrogens is 308 g/mol. The summed E-state index contributed by atoms with van der Waals surface area (Å²) in [6, 6.07) is 1.37. The zero-order valence-corrected chi connectivity index (χ0v) is 14.4. The smallest absolute Gasteiger partial charge is 0.320 e. The summed E-state index contributed by atoms with van der Waals surface area (Å²) in [6.45, 7) is 5.13. The first-order chi connectivity index (χ1) is 11.5. The molecule has 7 heteroatoms. The maximum absolute atomic E-state index is 12.6. The molecule has 2 saturated heterocycles. The van der Waals surface area contributed by atoms with Crippen LogP contribution in [-0.2, 0) is 11.8 Å². The number of likely N-dealkylation sites (tertiary alicyclic amines) is 2. The number of aliphatic carboxylic acids is 1. The molecule has 1 N–H and O–H groups in total. The van der Waals surface area contributed by atoms with Gasteiger partial charge in [-0.15, -0.1) is 0 Å². The number of hydrogen-bond donors (Lipinski definition) is 1. The molecule has 1 spiro atoms. The van der Waals surface area contributed by atoms with E-state index >= 15 is 0 Å². The summed E-state index contributed by atoms with van der Waals surface area (Å²) in [5, 5.41) is 13.6. The highest BCUT2D eigenvalue weighted by Gasteiger charge is 2.48. The highest BCUT2D eigenvalue weighted by Crippen LogP contribution is 2.43. The topological polar surface area (TPSA) is 78.7 Å². The third-order valence-corrected chi connectivity index (χ3v) is 5.55. The van der Waals surface area contributed by atoms with Gasteiger partial charge in [0.2, 0.25) is 0 Å². The fraction of sp³-hybridized carbons (Fsp3) is 0.706. The Balaban J connectivity index is 1.65. The number of carboxylic acids is 1. The van der Waals surface area contributed by atoms with Gasteiger partial charge < -0.3 is 10.0 Å². The second-order valence-electron chi connectivity index (χ2n) is 7.16. The number of nitrogens with zero attached hydrogens (tertiary/aromatic N) is 4. The number of amides is 1. The molecule has 0 aliphatic carbocycles. The minimum Gasteiger partial charge on any atom is -0.480 e. The first-order valence-corrected chi connectivity index (χ1v) is 8.70. The van der Waals surface area contributed by atoms with Crippen LogP contribution in [-0.4, -0.2) is 68.8 Å². The van der Waals surface area contributed by atoms with Gasteiger partial charge in [-0.25, -0.2) is 0 Å².